The summed E-state index contributed by atoms with van der Waals surface area (Å²) in [6.07, 6.45) is 5.53. The maximum Gasteiger partial charge on any atom is 0.205 e. The number of nitrogens with zero attached hydrogens (tertiary/aromatic N) is 7. The predicted octanol–water partition coefficient (Wildman–Crippen LogP) is 3.67. The number of nitrogens with one attached hydrogen (secondary N) is 1. The molecule has 0 amide bonds. The smallest absolute Gasteiger partial charge is 0.205 e. The van der Waals surface area contributed by atoms with Gasteiger partial charge in [0.1, 0.15) is 11.3 Å². The van der Waals surface area contributed by atoms with E-state index in [0.717, 1.165) is 46.5 Å². The fourth-order valence-electron chi connectivity index (χ4n) is 3.54. The molecule has 2 aromatic carbocycles. The van der Waals surface area contributed by atoms with Crippen LogP contribution in [0.1, 0.15) is 24.7 Å². The number of aromatic amines is 1. The number of hydrogen-bond acceptors (Lipinski definition) is 6. The number of benzene rings is 2. The van der Waals surface area contributed by atoms with Crippen molar-refractivity contribution in [1.82, 2.24) is 40.1 Å². The Kier molecular flexibility index (Phi) is 4.72. The van der Waals surface area contributed by atoms with Crippen LogP contribution in [0.3, 0.4) is 0 Å². The maximum absolute atomic E-state index is 4.69. The number of H-pyrrole nitrogens is 1. The van der Waals surface area contributed by atoms with E-state index in [4.69, 9.17) is 4.98 Å². The van der Waals surface area contributed by atoms with Crippen LogP contribution in [-0.4, -0.2) is 40.1 Å². The molecule has 3 heterocycles. The molecule has 30 heavy (non-hydrogen) atoms. The van der Waals surface area contributed by atoms with Crippen LogP contribution >= 0.6 is 0 Å². The topological polar surface area (TPSA) is 98.1 Å². The van der Waals surface area contributed by atoms with Gasteiger partial charge in [-0.05, 0) is 28.3 Å². The summed E-state index contributed by atoms with van der Waals surface area (Å²) in [6.45, 7) is 2.83. The van der Waals surface area contributed by atoms with Crippen molar-refractivity contribution < 1.29 is 0 Å². The Bertz CT molecular complexity index is 1270. The van der Waals surface area contributed by atoms with Gasteiger partial charge in [0.2, 0.25) is 5.82 Å². The molecule has 3 aromatic heterocycles. The molecule has 0 bridgehead atoms. The van der Waals surface area contributed by atoms with Gasteiger partial charge in [-0.25, -0.2) is 15.0 Å². The van der Waals surface area contributed by atoms with E-state index >= 15 is 0 Å². The molecule has 148 valence electrons. The van der Waals surface area contributed by atoms with Gasteiger partial charge >= 0.3 is 0 Å². The van der Waals surface area contributed by atoms with Gasteiger partial charge in [-0.3, -0.25) is 0 Å². The molecule has 0 saturated carbocycles. The van der Waals surface area contributed by atoms with Crippen LogP contribution in [-0.2, 0) is 13.0 Å². The van der Waals surface area contributed by atoms with E-state index in [2.05, 4.69) is 72.4 Å². The summed E-state index contributed by atoms with van der Waals surface area (Å²) >= 11 is 0. The lowest BCUT2D eigenvalue weighted by atomic mass is 9.98. The van der Waals surface area contributed by atoms with E-state index in [1.807, 2.05) is 30.7 Å². The third-order valence-corrected chi connectivity index (χ3v) is 5.01. The van der Waals surface area contributed by atoms with Crippen LogP contribution in [0.15, 0.2) is 61.1 Å². The summed E-state index contributed by atoms with van der Waals surface area (Å²) in [6, 6.07) is 16.5. The van der Waals surface area contributed by atoms with E-state index in [9.17, 15) is 0 Å². The van der Waals surface area contributed by atoms with Crippen molar-refractivity contribution in [3.63, 3.8) is 0 Å². The molecule has 0 unspecified atom stereocenters. The summed E-state index contributed by atoms with van der Waals surface area (Å²) in [5.41, 5.74) is 5.98. The van der Waals surface area contributed by atoms with E-state index in [-0.39, 0.29) is 0 Å². The number of aromatic nitrogens is 8. The highest BCUT2D eigenvalue weighted by atomic mass is 15.5. The lowest BCUT2D eigenvalue weighted by molar-refractivity contribution is 0.794. The fraction of sp³-hybridized carbons (Fsp3) is 0.182. The van der Waals surface area contributed by atoms with Gasteiger partial charge < -0.3 is 4.57 Å². The van der Waals surface area contributed by atoms with Crippen molar-refractivity contribution in [2.45, 2.75) is 26.3 Å². The Hall–Kier alpha value is -3.94. The lowest BCUT2D eigenvalue weighted by Gasteiger charge is -2.09. The highest BCUT2D eigenvalue weighted by Crippen LogP contribution is 2.29. The van der Waals surface area contributed by atoms with Crippen LogP contribution in [0.25, 0.3) is 33.7 Å². The Balaban J connectivity index is 1.43. The molecule has 8 heteroatoms. The van der Waals surface area contributed by atoms with Crippen molar-refractivity contribution in [1.29, 1.82) is 0 Å². The minimum absolute atomic E-state index is 0.585. The van der Waals surface area contributed by atoms with Gasteiger partial charge in [0, 0.05) is 12.0 Å². The quantitative estimate of drug-likeness (QED) is 0.470. The SMILES string of the molecule is CCCc1ncc2ncn(Cc3ccc(-c4ccccc4-c4nn[nH]n4)cc3)c2n1. The van der Waals surface area contributed by atoms with Crippen LogP contribution in [0.5, 0.6) is 0 Å². The maximum atomic E-state index is 4.69. The van der Waals surface area contributed by atoms with Crippen LogP contribution in [0.4, 0.5) is 0 Å². The molecule has 0 aliphatic heterocycles. The van der Waals surface area contributed by atoms with E-state index < -0.39 is 0 Å². The summed E-state index contributed by atoms with van der Waals surface area (Å²) in [5, 5.41) is 14.4. The second-order valence-electron chi connectivity index (χ2n) is 7.10. The molecule has 1 N–H and O–H groups in total. The zero-order valence-electron chi connectivity index (χ0n) is 16.5. The molecule has 0 aliphatic carbocycles. The molecule has 5 rings (SSSR count). The molecule has 5 aromatic rings. The summed E-state index contributed by atoms with van der Waals surface area (Å²) in [5.74, 6) is 1.45. The number of aryl methyl sites for hydroxylation is 1. The van der Waals surface area contributed by atoms with Gasteiger partial charge in [-0.2, -0.15) is 5.21 Å². The Morgan fingerprint density at radius 2 is 1.80 bits per heavy atom. The number of tetrazole rings is 1. The second-order valence-corrected chi connectivity index (χ2v) is 7.10. The molecule has 0 spiro atoms. The fourth-order valence-corrected chi connectivity index (χ4v) is 3.54. The molecule has 0 atom stereocenters. The first-order valence-corrected chi connectivity index (χ1v) is 9.90. The number of rotatable bonds is 6. The summed E-state index contributed by atoms with van der Waals surface area (Å²) in [4.78, 5) is 13.5. The monoisotopic (exact) mass is 396 g/mol. The Morgan fingerprint density at radius 3 is 2.57 bits per heavy atom. The number of hydrogen-bond donors (Lipinski definition) is 1. The first-order valence-electron chi connectivity index (χ1n) is 9.90. The average Bonchev–Trinajstić information content (AvgIpc) is 3.45. The Labute approximate surface area is 173 Å². The van der Waals surface area contributed by atoms with Gasteiger partial charge in [-0.15, -0.1) is 10.2 Å². The zero-order chi connectivity index (χ0) is 20.3. The van der Waals surface area contributed by atoms with Crippen molar-refractivity contribution in [2.75, 3.05) is 0 Å². The molecule has 8 nitrogen and oxygen atoms in total. The van der Waals surface area contributed by atoms with Crippen molar-refractivity contribution >= 4 is 11.2 Å². The molecule has 0 aliphatic rings. The second kappa shape index (κ2) is 7.82. The highest BCUT2D eigenvalue weighted by molar-refractivity contribution is 5.80. The first-order chi connectivity index (χ1) is 14.8. The third kappa shape index (κ3) is 3.43. The first kappa shape index (κ1) is 18.1. The minimum Gasteiger partial charge on any atom is -0.311 e. The standard InChI is InChI=1S/C22H20N8/c1-2-5-20-23-12-19-22(25-20)30(14-24-19)13-15-8-10-16(11-9-15)17-6-3-4-7-18(17)21-26-28-29-27-21/h3-4,6-12,14H,2,5,13H2,1H3,(H,26,27,28,29). The van der Waals surface area contributed by atoms with Crippen LogP contribution in [0.2, 0.25) is 0 Å². The zero-order valence-corrected chi connectivity index (χ0v) is 16.5. The van der Waals surface area contributed by atoms with Gasteiger partial charge in [-0.1, -0.05) is 55.5 Å². The van der Waals surface area contributed by atoms with E-state index in [1.165, 1.54) is 5.56 Å². The van der Waals surface area contributed by atoms with Crippen molar-refractivity contribution in [3.8, 4) is 22.5 Å². The van der Waals surface area contributed by atoms with Crippen molar-refractivity contribution in [3.05, 3.63) is 72.4 Å². The molecular weight excluding hydrogens is 376 g/mol. The van der Waals surface area contributed by atoms with Gasteiger partial charge in [0.25, 0.3) is 0 Å². The van der Waals surface area contributed by atoms with E-state index in [0.29, 0.717) is 12.4 Å². The summed E-state index contributed by atoms with van der Waals surface area (Å²) < 4.78 is 2.07. The Morgan fingerprint density at radius 1 is 0.967 bits per heavy atom. The minimum atomic E-state index is 0.585. The molecular formula is C22H20N8. The van der Waals surface area contributed by atoms with Crippen LogP contribution in [0, 0.1) is 0 Å². The molecule has 0 saturated heterocycles. The predicted molar refractivity (Wildman–Crippen MR) is 113 cm³/mol. The number of imidazole rings is 1. The molecule has 0 fully saturated rings. The average molecular weight is 396 g/mol. The lowest BCUT2D eigenvalue weighted by Crippen LogP contribution is -2.02. The normalized spacial score (nSPS) is 11.2. The van der Waals surface area contributed by atoms with E-state index in [1.54, 1.807) is 0 Å². The number of fused-ring (bicyclic) bond motifs is 1. The summed E-state index contributed by atoms with van der Waals surface area (Å²) in [7, 11) is 0. The highest BCUT2D eigenvalue weighted by Gasteiger charge is 2.11. The van der Waals surface area contributed by atoms with Gasteiger partial charge in [0.05, 0.1) is 19.1 Å². The third-order valence-electron chi connectivity index (χ3n) is 5.01. The van der Waals surface area contributed by atoms with Gasteiger partial charge in [0.15, 0.2) is 5.65 Å². The largest absolute Gasteiger partial charge is 0.311 e. The van der Waals surface area contributed by atoms with Crippen molar-refractivity contribution in [2.24, 2.45) is 0 Å². The van der Waals surface area contributed by atoms with Crippen LogP contribution < -0.4 is 0 Å². The molecule has 0 radical (unpaired) electrons.